The Morgan fingerprint density at radius 2 is 1.48 bits per heavy atom. The van der Waals surface area contributed by atoms with Crippen LogP contribution in [0.15, 0.2) is 72.8 Å². The molecule has 0 aliphatic carbocycles. The summed E-state index contributed by atoms with van der Waals surface area (Å²) in [6.45, 7) is 0.819. The van der Waals surface area contributed by atoms with E-state index < -0.39 is 0 Å². The van der Waals surface area contributed by atoms with Crippen molar-refractivity contribution in [3.8, 4) is 23.0 Å². The third kappa shape index (κ3) is 6.15. The van der Waals surface area contributed by atoms with Gasteiger partial charge in [-0.05, 0) is 35.9 Å². The van der Waals surface area contributed by atoms with Gasteiger partial charge in [0.2, 0.25) is 0 Å². The SMILES string of the molecule is COc1cccc(CN(C)C(=O)COc2ccc(OCc3ccccc3)cc2)c1OC. The van der Waals surface area contributed by atoms with Crippen molar-refractivity contribution < 1.29 is 23.7 Å². The van der Waals surface area contributed by atoms with Crippen LogP contribution in [0.5, 0.6) is 23.0 Å². The Hall–Kier alpha value is -3.67. The maximum Gasteiger partial charge on any atom is 0.260 e. The van der Waals surface area contributed by atoms with Crippen molar-refractivity contribution in [2.45, 2.75) is 13.2 Å². The zero-order chi connectivity index (χ0) is 22.1. The van der Waals surface area contributed by atoms with E-state index in [-0.39, 0.29) is 12.5 Å². The smallest absolute Gasteiger partial charge is 0.260 e. The zero-order valence-corrected chi connectivity index (χ0v) is 18.0. The first-order chi connectivity index (χ1) is 15.1. The number of nitrogens with zero attached hydrogens (tertiary/aromatic N) is 1. The van der Waals surface area contributed by atoms with Gasteiger partial charge in [0.1, 0.15) is 18.1 Å². The van der Waals surface area contributed by atoms with Gasteiger partial charge in [0, 0.05) is 19.2 Å². The van der Waals surface area contributed by atoms with Gasteiger partial charge >= 0.3 is 0 Å². The third-order valence-electron chi connectivity index (χ3n) is 4.75. The Labute approximate surface area is 182 Å². The van der Waals surface area contributed by atoms with Crippen molar-refractivity contribution in [1.82, 2.24) is 4.90 Å². The van der Waals surface area contributed by atoms with Gasteiger partial charge in [-0.1, -0.05) is 42.5 Å². The number of likely N-dealkylation sites (N-methyl/N-ethyl adjacent to an activating group) is 1. The number of ether oxygens (including phenoxy) is 4. The maximum absolute atomic E-state index is 12.5. The second-order valence-electron chi connectivity index (χ2n) is 6.94. The normalized spacial score (nSPS) is 10.3. The first kappa shape index (κ1) is 22.0. The van der Waals surface area contributed by atoms with E-state index >= 15 is 0 Å². The fourth-order valence-corrected chi connectivity index (χ4v) is 3.05. The molecule has 0 aliphatic rings. The first-order valence-corrected chi connectivity index (χ1v) is 9.94. The molecule has 0 radical (unpaired) electrons. The largest absolute Gasteiger partial charge is 0.493 e. The lowest BCUT2D eigenvalue weighted by molar-refractivity contribution is -0.132. The van der Waals surface area contributed by atoms with Gasteiger partial charge in [-0.15, -0.1) is 0 Å². The van der Waals surface area contributed by atoms with Crippen LogP contribution in [0.3, 0.4) is 0 Å². The molecular weight excluding hydrogens is 394 g/mol. The van der Waals surface area contributed by atoms with Crippen molar-refractivity contribution >= 4 is 5.91 Å². The summed E-state index contributed by atoms with van der Waals surface area (Å²) in [5.74, 6) is 2.45. The van der Waals surface area contributed by atoms with Crippen LogP contribution in [0.4, 0.5) is 0 Å². The molecule has 3 rings (SSSR count). The highest BCUT2D eigenvalue weighted by Crippen LogP contribution is 2.31. The Kier molecular flexibility index (Phi) is 7.76. The number of para-hydroxylation sites is 1. The predicted octanol–water partition coefficient (Wildman–Crippen LogP) is 4.32. The molecule has 3 aromatic carbocycles. The van der Waals surface area contributed by atoms with E-state index in [0.717, 1.165) is 16.9 Å². The summed E-state index contributed by atoms with van der Waals surface area (Å²) in [6.07, 6.45) is 0. The number of hydrogen-bond donors (Lipinski definition) is 0. The molecule has 3 aromatic rings. The lowest BCUT2D eigenvalue weighted by Crippen LogP contribution is -2.31. The van der Waals surface area contributed by atoms with Gasteiger partial charge in [-0.2, -0.15) is 0 Å². The molecule has 31 heavy (non-hydrogen) atoms. The van der Waals surface area contributed by atoms with Crippen molar-refractivity contribution in [3.05, 3.63) is 83.9 Å². The molecule has 0 heterocycles. The van der Waals surface area contributed by atoms with Gasteiger partial charge in [0.15, 0.2) is 18.1 Å². The minimum absolute atomic E-state index is 0.0625. The summed E-state index contributed by atoms with van der Waals surface area (Å²) >= 11 is 0. The van der Waals surface area contributed by atoms with Gasteiger partial charge in [-0.3, -0.25) is 4.79 Å². The summed E-state index contributed by atoms with van der Waals surface area (Å²) in [5.41, 5.74) is 1.96. The monoisotopic (exact) mass is 421 g/mol. The summed E-state index contributed by atoms with van der Waals surface area (Å²) in [5, 5.41) is 0. The molecule has 1 amide bonds. The summed E-state index contributed by atoms with van der Waals surface area (Å²) in [4.78, 5) is 14.1. The fraction of sp³-hybridized carbons (Fsp3) is 0.240. The highest BCUT2D eigenvalue weighted by atomic mass is 16.5. The van der Waals surface area contributed by atoms with E-state index in [9.17, 15) is 4.79 Å². The van der Waals surface area contributed by atoms with E-state index in [1.807, 2.05) is 60.7 Å². The molecule has 0 atom stereocenters. The van der Waals surface area contributed by atoms with Gasteiger partial charge < -0.3 is 23.8 Å². The molecule has 6 heteroatoms. The molecule has 6 nitrogen and oxygen atoms in total. The highest BCUT2D eigenvalue weighted by molar-refractivity contribution is 5.77. The van der Waals surface area contributed by atoms with Crippen LogP contribution in [-0.2, 0) is 17.9 Å². The van der Waals surface area contributed by atoms with Crippen LogP contribution in [-0.4, -0.2) is 38.7 Å². The minimum Gasteiger partial charge on any atom is -0.493 e. The quantitative estimate of drug-likeness (QED) is 0.488. The van der Waals surface area contributed by atoms with Crippen molar-refractivity contribution in [1.29, 1.82) is 0 Å². The van der Waals surface area contributed by atoms with Crippen LogP contribution in [0, 0.1) is 0 Å². The minimum atomic E-state index is -0.144. The van der Waals surface area contributed by atoms with E-state index in [1.54, 1.807) is 38.3 Å². The van der Waals surface area contributed by atoms with Crippen molar-refractivity contribution in [3.63, 3.8) is 0 Å². The Balaban J connectivity index is 1.50. The fourth-order valence-electron chi connectivity index (χ4n) is 3.05. The number of methoxy groups -OCH3 is 2. The van der Waals surface area contributed by atoms with Crippen LogP contribution < -0.4 is 18.9 Å². The number of carbonyl (C=O) groups is 1. The predicted molar refractivity (Wildman–Crippen MR) is 119 cm³/mol. The van der Waals surface area contributed by atoms with Crippen molar-refractivity contribution in [2.24, 2.45) is 0 Å². The van der Waals surface area contributed by atoms with Crippen LogP contribution in [0.1, 0.15) is 11.1 Å². The molecule has 0 aromatic heterocycles. The van der Waals surface area contributed by atoms with E-state index in [0.29, 0.717) is 30.4 Å². The van der Waals surface area contributed by atoms with Gasteiger partial charge in [0.05, 0.1) is 14.2 Å². The molecule has 0 bridgehead atoms. The van der Waals surface area contributed by atoms with Gasteiger partial charge in [0.25, 0.3) is 5.91 Å². The lowest BCUT2D eigenvalue weighted by Gasteiger charge is -2.20. The molecule has 0 aliphatic heterocycles. The average Bonchev–Trinajstić information content (AvgIpc) is 2.82. The van der Waals surface area contributed by atoms with E-state index in [2.05, 4.69) is 0 Å². The van der Waals surface area contributed by atoms with E-state index in [4.69, 9.17) is 18.9 Å². The molecule has 0 spiro atoms. The number of amides is 1. The van der Waals surface area contributed by atoms with Crippen LogP contribution >= 0.6 is 0 Å². The summed E-state index contributed by atoms with van der Waals surface area (Å²) < 4.78 is 22.2. The second-order valence-corrected chi connectivity index (χ2v) is 6.94. The molecule has 0 unspecified atom stereocenters. The maximum atomic E-state index is 12.5. The first-order valence-electron chi connectivity index (χ1n) is 9.94. The topological polar surface area (TPSA) is 57.2 Å². The Morgan fingerprint density at radius 1 is 0.806 bits per heavy atom. The number of hydrogen-bond acceptors (Lipinski definition) is 5. The number of benzene rings is 3. The number of rotatable bonds is 10. The summed E-state index contributed by atoms with van der Waals surface area (Å²) in [6, 6.07) is 22.8. The summed E-state index contributed by atoms with van der Waals surface area (Å²) in [7, 11) is 4.90. The van der Waals surface area contributed by atoms with Crippen molar-refractivity contribution in [2.75, 3.05) is 27.9 Å². The third-order valence-corrected chi connectivity index (χ3v) is 4.75. The molecule has 0 N–H and O–H groups in total. The second kappa shape index (κ2) is 10.9. The molecule has 162 valence electrons. The Morgan fingerprint density at radius 3 is 2.13 bits per heavy atom. The number of carbonyl (C=O) groups excluding carboxylic acids is 1. The van der Waals surface area contributed by atoms with Crippen LogP contribution in [0.2, 0.25) is 0 Å². The zero-order valence-electron chi connectivity index (χ0n) is 18.0. The van der Waals surface area contributed by atoms with Crippen LogP contribution in [0.25, 0.3) is 0 Å². The molecule has 0 saturated carbocycles. The average molecular weight is 421 g/mol. The molecular formula is C25H27NO5. The highest BCUT2D eigenvalue weighted by Gasteiger charge is 2.15. The van der Waals surface area contributed by atoms with Gasteiger partial charge in [-0.25, -0.2) is 0 Å². The molecule has 0 saturated heterocycles. The molecule has 0 fully saturated rings. The Bertz CT molecular complexity index is 973. The van der Waals surface area contributed by atoms with E-state index in [1.165, 1.54) is 0 Å². The lowest BCUT2D eigenvalue weighted by atomic mass is 10.1. The standard InChI is InChI=1S/C25H27NO5/c1-26(16-20-10-7-11-23(28-2)25(20)29-3)24(27)18-31-22-14-12-21(13-15-22)30-17-19-8-5-4-6-9-19/h4-15H,16-18H2,1-3H3.